The first-order chi connectivity index (χ1) is 12.4. The van der Waals surface area contributed by atoms with Crippen LogP contribution in [0.1, 0.15) is 37.8 Å². The van der Waals surface area contributed by atoms with Gasteiger partial charge in [-0.2, -0.15) is 0 Å². The number of carbonyl (C=O) groups is 2. The van der Waals surface area contributed by atoms with Gasteiger partial charge in [-0.3, -0.25) is 4.79 Å². The van der Waals surface area contributed by atoms with Crippen LogP contribution >= 0.6 is 0 Å². The summed E-state index contributed by atoms with van der Waals surface area (Å²) in [6, 6.07) is 5.69. The second kappa shape index (κ2) is 7.27. The lowest BCUT2D eigenvalue weighted by atomic mass is 9.80. The van der Waals surface area contributed by atoms with Crippen LogP contribution < -0.4 is 0 Å². The summed E-state index contributed by atoms with van der Waals surface area (Å²) in [5.41, 5.74) is -0.121. The molecule has 0 bridgehead atoms. The fraction of sp³-hybridized carbons (Fsp3) is 0.421. The van der Waals surface area contributed by atoms with Gasteiger partial charge >= 0.3 is 5.97 Å². The molecule has 0 atom stereocenters. The summed E-state index contributed by atoms with van der Waals surface area (Å²) in [7, 11) is 1.54. The maximum absolute atomic E-state index is 13.0. The van der Waals surface area contributed by atoms with Crippen molar-refractivity contribution in [3.05, 3.63) is 42.0 Å². The van der Waals surface area contributed by atoms with E-state index in [2.05, 4.69) is 4.98 Å². The Kier molecular flexibility index (Phi) is 5.06. The van der Waals surface area contributed by atoms with E-state index in [0.717, 1.165) is 19.3 Å². The summed E-state index contributed by atoms with van der Waals surface area (Å²) >= 11 is 0. The Morgan fingerprint density at radius 3 is 2.50 bits per heavy atom. The fourth-order valence-electron chi connectivity index (χ4n) is 3.45. The normalized spacial score (nSPS) is 16.2. The number of carboxylic acids is 1. The smallest absolute Gasteiger partial charge is 0.329 e. The van der Waals surface area contributed by atoms with Gasteiger partial charge in [-0.15, -0.1) is 0 Å². The van der Waals surface area contributed by atoms with Crippen molar-refractivity contribution in [2.75, 3.05) is 7.05 Å². The Balaban J connectivity index is 1.73. The number of hydrogen-bond donors (Lipinski definition) is 1. The molecule has 1 N–H and O–H groups in total. The molecule has 0 saturated heterocycles. The van der Waals surface area contributed by atoms with Crippen molar-refractivity contribution in [1.82, 2.24) is 9.88 Å². The highest BCUT2D eigenvalue weighted by Crippen LogP contribution is 2.33. The molecule has 0 radical (unpaired) electrons. The van der Waals surface area contributed by atoms with Gasteiger partial charge in [-0.05, 0) is 37.1 Å². The number of aromatic nitrogens is 1. The zero-order chi connectivity index (χ0) is 18.7. The van der Waals surface area contributed by atoms with Gasteiger partial charge in [0, 0.05) is 12.6 Å². The van der Waals surface area contributed by atoms with Crippen molar-refractivity contribution >= 4 is 11.9 Å². The zero-order valence-electron chi connectivity index (χ0n) is 14.6. The molecule has 1 aromatic carbocycles. The molecule has 1 saturated carbocycles. The number of nitrogens with zero attached hydrogens (tertiary/aromatic N) is 2. The van der Waals surface area contributed by atoms with Gasteiger partial charge in [0.1, 0.15) is 17.6 Å². The van der Waals surface area contributed by atoms with E-state index in [1.165, 1.54) is 23.3 Å². The molecule has 0 spiro atoms. The highest BCUT2D eigenvalue weighted by atomic mass is 19.1. The first kappa shape index (κ1) is 18.1. The third-order valence-corrected chi connectivity index (χ3v) is 5.07. The predicted octanol–water partition coefficient (Wildman–Crippen LogP) is 3.27. The summed E-state index contributed by atoms with van der Waals surface area (Å²) in [5.74, 6) is -1.33. The molecular weight excluding hydrogens is 339 g/mol. The monoisotopic (exact) mass is 360 g/mol. The number of benzene rings is 1. The van der Waals surface area contributed by atoms with Gasteiger partial charge < -0.3 is 14.4 Å². The summed E-state index contributed by atoms with van der Waals surface area (Å²) in [6.07, 6.45) is 4.83. The average molecular weight is 360 g/mol. The van der Waals surface area contributed by atoms with Crippen LogP contribution in [0, 0.1) is 5.82 Å². The molecule has 138 valence electrons. The van der Waals surface area contributed by atoms with E-state index >= 15 is 0 Å². The topological polar surface area (TPSA) is 83.6 Å². The van der Waals surface area contributed by atoms with Gasteiger partial charge in [-0.1, -0.05) is 19.3 Å². The number of amides is 1. The molecule has 6 nitrogen and oxygen atoms in total. The van der Waals surface area contributed by atoms with Crippen molar-refractivity contribution in [3.8, 4) is 11.5 Å². The number of halogens is 1. The lowest BCUT2D eigenvalue weighted by molar-refractivity contribution is -0.160. The Labute approximate surface area is 150 Å². The van der Waals surface area contributed by atoms with Crippen LogP contribution in [0.25, 0.3) is 11.5 Å². The molecule has 2 aromatic rings. The van der Waals surface area contributed by atoms with Crippen molar-refractivity contribution < 1.29 is 23.5 Å². The summed E-state index contributed by atoms with van der Waals surface area (Å²) < 4.78 is 18.4. The second-order valence-electron chi connectivity index (χ2n) is 6.68. The summed E-state index contributed by atoms with van der Waals surface area (Å²) in [4.78, 5) is 30.1. The molecule has 1 aliphatic carbocycles. The number of carbonyl (C=O) groups excluding carboxylic acids is 1. The van der Waals surface area contributed by atoms with E-state index in [-0.39, 0.29) is 18.1 Å². The van der Waals surface area contributed by atoms with Crippen molar-refractivity contribution in [2.45, 2.75) is 44.1 Å². The second-order valence-corrected chi connectivity index (χ2v) is 6.68. The van der Waals surface area contributed by atoms with E-state index in [1.807, 2.05) is 0 Å². The zero-order valence-corrected chi connectivity index (χ0v) is 14.6. The number of rotatable bonds is 5. The standard InChI is InChI=1S/C19H21FN2O4/c1-22(19(18(24)25)9-3-2-4-10-19)16(23)11-15-12-26-17(21-15)13-5-7-14(20)8-6-13/h5-8,12H,2-4,9-11H2,1H3,(H,24,25). The van der Waals surface area contributed by atoms with E-state index < -0.39 is 11.5 Å². The first-order valence-corrected chi connectivity index (χ1v) is 8.63. The molecule has 0 unspecified atom stereocenters. The maximum Gasteiger partial charge on any atom is 0.329 e. The van der Waals surface area contributed by atoms with Crippen LogP contribution in [-0.2, 0) is 16.0 Å². The van der Waals surface area contributed by atoms with Crippen LogP contribution in [0.3, 0.4) is 0 Å². The van der Waals surface area contributed by atoms with Crippen molar-refractivity contribution in [1.29, 1.82) is 0 Å². The maximum atomic E-state index is 13.0. The number of aliphatic carboxylic acids is 1. The lowest BCUT2D eigenvalue weighted by Crippen LogP contribution is -2.56. The molecule has 0 aliphatic heterocycles. The molecule has 1 amide bonds. The molecule has 1 aliphatic rings. The van der Waals surface area contributed by atoms with Crippen LogP contribution in [0.4, 0.5) is 4.39 Å². The third-order valence-electron chi connectivity index (χ3n) is 5.07. The first-order valence-electron chi connectivity index (χ1n) is 8.63. The van der Waals surface area contributed by atoms with Crippen LogP contribution in [-0.4, -0.2) is 39.5 Å². The van der Waals surface area contributed by atoms with Gasteiger partial charge in [0.15, 0.2) is 0 Å². The number of likely N-dealkylation sites (N-methyl/N-ethyl adjacent to an activating group) is 1. The molecule has 1 aromatic heterocycles. The minimum atomic E-state index is -1.14. The number of hydrogen-bond acceptors (Lipinski definition) is 4. The Bertz CT molecular complexity index is 794. The Morgan fingerprint density at radius 1 is 1.23 bits per heavy atom. The van der Waals surface area contributed by atoms with Crippen molar-refractivity contribution in [2.24, 2.45) is 0 Å². The van der Waals surface area contributed by atoms with E-state index in [1.54, 1.807) is 19.2 Å². The van der Waals surface area contributed by atoms with Crippen LogP contribution in [0.2, 0.25) is 0 Å². The highest BCUT2D eigenvalue weighted by Gasteiger charge is 2.45. The van der Waals surface area contributed by atoms with Gasteiger partial charge in [0.2, 0.25) is 11.8 Å². The van der Waals surface area contributed by atoms with E-state index in [9.17, 15) is 19.1 Å². The SMILES string of the molecule is CN(C(=O)Cc1coc(-c2ccc(F)cc2)n1)C1(C(=O)O)CCCCC1. The quantitative estimate of drug-likeness (QED) is 0.885. The fourth-order valence-corrected chi connectivity index (χ4v) is 3.45. The Morgan fingerprint density at radius 2 is 1.88 bits per heavy atom. The number of carboxylic acid groups (broad SMARTS) is 1. The van der Waals surface area contributed by atoms with Crippen LogP contribution in [0.5, 0.6) is 0 Å². The average Bonchev–Trinajstić information content (AvgIpc) is 3.10. The molecule has 1 fully saturated rings. The minimum Gasteiger partial charge on any atom is -0.479 e. The minimum absolute atomic E-state index is 0.0454. The molecule has 3 rings (SSSR count). The van der Waals surface area contributed by atoms with Gasteiger partial charge in [0.25, 0.3) is 0 Å². The molecule has 7 heteroatoms. The van der Waals surface area contributed by atoms with Gasteiger partial charge in [-0.25, -0.2) is 14.2 Å². The third kappa shape index (κ3) is 3.47. The highest BCUT2D eigenvalue weighted by molar-refractivity contribution is 5.87. The molecule has 26 heavy (non-hydrogen) atoms. The molecule has 1 heterocycles. The van der Waals surface area contributed by atoms with Gasteiger partial charge in [0.05, 0.1) is 12.1 Å². The summed E-state index contributed by atoms with van der Waals surface area (Å²) in [5, 5.41) is 9.69. The Hall–Kier alpha value is -2.70. The van der Waals surface area contributed by atoms with E-state index in [0.29, 0.717) is 30.0 Å². The van der Waals surface area contributed by atoms with Crippen LogP contribution in [0.15, 0.2) is 34.9 Å². The van der Waals surface area contributed by atoms with Crippen molar-refractivity contribution in [3.63, 3.8) is 0 Å². The number of oxazole rings is 1. The largest absolute Gasteiger partial charge is 0.479 e. The molecular formula is C19H21FN2O4. The predicted molar refractivity (Wildman–Crippen MR) is 91.8 cm³/mol. The summed E-state index contributed by atoms with van der Waals surface area (Å²) in [6.45, 7) is 0. The lowest BCUT2D eigenvalue weighted by Gasteiger charge is -2.41. The van der Waals surface area contributed by atoms with E-state index in [4.69, 9.17) is 4.42 Å².